The Kier molecular flexibility index (Phi) is 17.2. The second-order valence-electron chi connectivity index (χ2n) is 17.0. The maximum absolute atomic E-state index is 15.3. The van der Waals surface area contributed by atoms with E-state index in [1.54, 1.807) is 23.1 Å². The Morgan fingerprint density at radius 2 is 1.38 bits per heavy atom. The highest BCUT2D eigenvalue weighted by Crippen LogP contribution is 2.54. The molecule has 1 aromatic heterocycles. The zero-order valence-corrected chi connectivity index (χ0v) is 38.7. The molecule has 6 rings (SSSR count). The van der Waals surface area contributed by atoms with Crippen LogP contribution in [0.4, 0.5) is 4.79 Å². The number of carbonyl (C=O) groups excluding carboxylic acids is 4. The number of likely N-dealkylation sites (tertiary alicyclic amines) is 1. The number of benzene rings is 4. The Balaban J connectivity index is 1.24. The minimum absolute atomic E-state index is 0.0389. The third-order valence-electron chi connectivity index (χ3n) is 11.8. The van der Waals surface area contributed by atoms with Crippen LogP contribution < -0.4 is 16.4 Å². The van der Waals surface area contributed by atoms with Gasteiger partial charge in [0.1, 0.15) is 12.1 Å². The minimum Gasteiger partial charge on any atom is -0.450 e. The average Bonchev–Trinajstić information content (AvgIpc) is 3.92. The number of hydrogen-bond donors (Lipinski definition) is 4. The lowest BCUT2D eigenvalue weighted by molar-refractivity contribution is -0.142. The van der Waals surface area contributed by atoms with E-state index in [0.717, 1.165) is 76.9 Å². The Morgan fingerprint density at radius 3 is 1.91 bits per heavy atom. The Hall–Kier alpha value is -5.50. The van der Waals surface area contributed by atoms with E-state index >= 15 is 4.79 Å². The quantitative estimate of drug-likeness (QED) is 0.0395. The van der Waals surface area contributed by atoms with Crippen LogP contribution in [0.5, 0.6) is 0 Å². The first kappa shape index (κ1) is 48.0. The number of nitrogens with one attached hydrogen (secondary N) is 2. The van der Waals surface area contributed by atoms with Crippen molar-refractivity contribution in [3.63, 3.8) is 0 Å². The molecule has 338 valence electrons. The number of primary amides is 1. The predicted octanol–water partition coefficient (Wildman–Crippen LogP) is 8.90. The fourth-order valence-corrected chi connectivity index (χ4v) is 11.1. The van der Waals surface area contributed by atoms with Crippen molar-refractivity contribution in [1.82, 2.24) is 20.5 Å². The monoisotopic (exact) mass is 903 g/mol. The number of unbranched alkanes of at least 4 members (excludes halogenated alkanes) is 6. The van der Waals surface area contributed by atoms with Gasteiger partial charge in [-0.1, -0.05) is 147 Å². The number of thiazole rings is 1. The molecular weight excluding hydrogens is 843 g/mol. The molecule has 13 heteroatoms. The summed E-state index contributed by atoms with van der Waals surface area (Å²) in [6.07, 6.45) is 4.72. The fraction of sp³-hybridized carbons (Fsp3) is 0.392. The summed E-state index contributed by atoms with van der Waals surface area (Å²) >= 11 is 3.17. The molecule has 3 atom stereocenters. The summed E-state index contributed by atoms with van der Waals surface area (Å²) in [4.78, 5) is 61.1. The van der Waals surface area contributed by atoms with Crippen LogP contribution in [0.15, 0.2) is 121 Å². The summed E-state index contributed by atoms with van der Waals surface area (Å²) in [5.41, 5.74) is 12.8. The van der Waals surface area contributed by atoms with Gasteiger partial charge in [0.25, 0.3) is 0 Å². The number of carbonyl (C=O) groups is 4. The van der Waals surface area contributed by atoms with Crippen LogP contribution in [0, 0.1) is 6.92 Å². The van der Waals surface area contributed by atoms with E-state index in [1.807, 2.05) is 105 Å². The predicted molar refractivity (Wildman–Crippen MR) is 256 cm³/mol. The number of thioether (sulfide) groups is 1. The van der Waals surface area contributed by atoms with E-state index in [2.05, 4.69) is 52.0 Å². The molecule has 4 amide bonds. The topological polar surface area (TPSA) is 164 Å². The van der Waals surface area contributed by atoms with Gasteiger partial charge in [-0.15, -0.1) is 23.1 Å². The lowest BCUT2D eigenvalue weighted by atomic mass is 9.84. The molecule has 2 heterocycles. The summed E-state index contributed by atoms with van der Waals surface area (Å²) < 4.78 is 3.00. The van der Waals surface area contributed by atoms with Gasteiger partial charge in [0, 0.05) is 30.7 Å². The van der Waals surface area contributed by atoms with Crippen molar-refractivity contribution in [3.05, 3.63) is 149 Å². The first-order valence-electron chi connectivity index (χ1n) is 22.2. The molecule has 64 heavy (non-hydrogen) atoms. The highest BCUT2D eigenvalue weighted by atomic mass is 32.2. The van der Waals surface area contributed by atoms with Gasteiger partial charge < -0.3 is 31.1 Å². The van der Waals surface area contributed by atoms with E-state index in [9.17, 15) is 19.5 Å². The van der Waals surface area contributed by atoms with Gasteiger partial charge in [-0.2, -0.15) is 0 Å². The zero-order chi connectivity index (χ0) is 45.5. The number of nitrogens with zero attached hydrogens (tertiary/aromatic N) is 2. The van der Waals surface area contributed by atoms with Crippen LogP contribution in [-0.2, 0) is 30.4 Å². The largest absolute Gasteiger partial charge is 0.450 e. The van der Waals surface area contributed by atoms with E-state index in [-0.39, 0.29) is 37.7 Å². The minimum atomic E-state index is -1.08. The Morgan fingerprint density at radius 1 is 0.828 bits per heavy atom. The molecule has 5 aromatic rings. The van der Waals surface area contributed by atoms with E-state index in [0.29, 0.717) is 13.0 Å². The molecule has 0 radical (unpaired) electrons. The Labute approximate surface area is 385 Å². The van der Waals surface area contributed by atoms with Crippen molar-refractivity contribution >= 4 is 46.9 Å². The summed E-state index contributed by atoms with van der Waals surface area (Å²) in [5, 5.41) is 17.3. The molecule has 1 fully saturated rings. The maximum Gasteiger partial charge on any atom is 0.404 e. The van der Waals surface area contributed by atoms with Crippen LogP contribution in [0.25, 0.3) is 10.4 Å². The van der Waals surface area contributed by atoms with Crippen molar-refractivity contribution in [3.8, 4) is 10.4 Å². The smallest absolute Gasteiger partial charge is 0.404 e. The van der Waals surface area contributed by atoms with Gasteiger partial charge in [0.05, 0.1) is 33.5 Å². The Bertz CT molecular complexity index is 2180. The van der Waals surface area contributed by atoms with Gasteiger partial charge in [0.15, 0.2) is 0 Å². The van der Waals surface area contributed by atoms with Crippen LogP contribution in [0.3, 0.4) is 0 Å². The average molecular weight is 904 g/mol. The van der Waals surface area contributed by atoms with Gasteiger partial charge in [-0.05, 0) is 61.4 Å². The molecule has 0 unspecified atom stereocenters. The van der Waals surface area contributed by atoms with Crippen LogP contribution >= 0.6 is 23.1 Å². The number of aromatic nitrogens is 1. The van der Waals surface area contributed by atoms with Crippen molar-refractivity contribution < 1.29 is 29.0 Å². The number of rotatable bonds is 22. The molecule has 0 bridgehead atoms. The van der Waals surface area contributed by atoms with Crippen molar-refractivity contribution in [2.24, 2.45) is 5.73 Å². The second kappa shape index (κ2) is 22.9. The molecule has 1 saturated heterocycles. The number of β-amino-alcohol motifs (C(OH)–C–C–N with tert-alkyl or cyclic N) is 1. The van der Waals surface area contributed by atoms with E-state index in [4.69, 9.17) is 10.5 Å². The number of nitrogens with two attached hydrogens (primary N) is 1. The number of aliphatic hydroxyl groups excluding tert-OH is 1. The highest BCUT2D eigenvalue weighted by Gasteiger charge is 2.50. The van der Waals surface area contributed by atoms with Crippen LogP contribution in [-0.4, -0.2) is 74.9 Å². The molecular formula is C51H61N5O6S2. The molecule has 11 nitrogen and oxygen atoms in total. The highest BCUT2D eigenvalue weighted by molar-refractivity contribution is 8.02. The molecule has 4 aromatic carbocycles. The molecule has 1 aliphatic heterocycles. The van der Waals surface area contributed by atoms with Gasteiger partial charge in [-0.25, -0.2) is 9.78 Å². The molecule has 5 N–H and O–H groups in total. The number of aryl methyl sites for hydroxylation is 1. The standard InChI is InChI=1S/C51H61N5O6S2/c1-36-45(63-35-54-36)38-29-27-37(28-30-38)33-53-47(59)43-32-42(57)34-56(43)48(60)46(55-44(58)26-18-7-5-4-6-8-19-31-62-49(52)61)50(2,3)64-51(39-20-12-9-13-21-39,40-22-14-10-15-23-40)41-24-16-11-17-25-41/h9-17,20-25,27-30,35,42-43,46,57H,4-8,18-19,26,31-34H2,1-3H3,(H2,52,61)(H,53,59)(H,55,58)/t42-,43+,46-/m1/s1. The third-order valence-corrected chi connectivity index (χ3v) is 14.5. The number of amides is 4. The van der Waals surface area contributed by atoms with Gasteiger partial charge >= 0.3 is 6.09 Å². The van der Waals surface area contributed by atoms with Crippen molar-refractivity contribution in [2.75, 3.05) is 13.2 Å². The third kappa shape index (κ3) is 12.4. The molecule has 0 aliphatic carbocycles. The lowest BCUT2D eigenvalue weighted by Gasteiger charge is -2.45. The maximum atomic E-state index is 15.3. The second-order valence-corrected chi connectivity index (χ2v) is 19.7. The van der Waals surface area contributed by atoms with E-state index < -0.39 is 39.7 Å². The molecule has 1 aliphatic rings. The first-order valence-corrected chi connectivity index (χ1v) is 23.9. The number of aliphatic hydroxyl groups is 1. The zero-order valence-electron chi connectivity index (χ0n) is 37.0. The molecule has 0 saturated carbocycles. The van der Waals surface area contributed by atoms with Gasteiger partial charge in [0.2, 0.25) is 17.7 Å². The summed E-state index contributed by atoms with van der Waals surface area (Å²) in [6, 6.07) is 36.5. The van der Waals surface area contributed by atoms with Crippen molar-refractivity contribution in [1.29, 1.82) is 0 Å². The van der Waals surface area contributed by atoms with E-state index in [1.165, 1.54) is 4.90 Å². The summed E-state index contributed by atoms with van der Waals surface area (Å²) in [7, 11) is 0. The summed E-state index contributed by atoms with van der Waals surface area (Å²) in [6.45, 7) is 6.47. The van der Waals surface area contributed by atoms with Gasteiger partial charge in [-0.3, -0.25) is 14.4 Å². The van der Waals surface area contributed by atoms with Crippen molar-refractivity contribution in [2.45, 2.75) is 113 Å². The van der Waals surface area contributed by atoms with Crippen LogP contribution in [0.1, 0.15) is 99.6 Å². The number of hydrogen-bond acceptors (Lipinski definition) is 9. The van der Waals surface area contributed by atoms with Crippen LogP contribution in [0.2, 0.25) is 0 Å². The fourth-order valence-electron chi connectivity index (χ4n) is 8.49. The summed E-state index contributed by atoms with van der Waals surface area (Å²) in [5.74, 6) is -1.04. The number of ether oxygens (including phenoxy) is 1. The lowest BCUT2D eigenvalue weighted by Crippen LogP contribution is -2.60. The molecule has 0 spiro atoms. The normalized spacial score (nSPS) is 15.7. The first-order chi connectivity index (χ1) is 30.9. The SMILES string of the molecule is Cc1ncsc1-c1ccc(CNC(=O)[C@@H]2C[C@@H](O)CN2C(=O)[C@@H](NC(=O)CCCCCCCCCOC(N)=O)C(C)(C)SC(c2ccccc2)(c2ccccc2)c2ccccc2)cc1.